The van der Waals surface area contributed by atoms with Gasteiger partial charge in [0.1, 0.15) is 0 Å². The molecule has 0 aliphatic heterocycles. The van der Waals surface area contributed by atoms with E-state index < -0.39 is 0 Å². The first-order chi connectivity index (χ1) is 6.42. The van der Waals surface area contributed by atoms with Gasteiger partial charge >= 0.3 is 0 Å². The predicted octanol–water partition coefficient (Wildman–Crippen LogP) is 2.81. The second-order valence-corrected chi connectivity index (χ2v) is 4.91. The molecule has 2 rings (SSSR count). The highest BCUT2D eigenvalue weighted by Gasteiger charge is 2.42. The average molecular weight is 181 g/mol. The second-order valence-electron chi connectivity index (χ2n) is 4.91. The molecule has 0 aromatic rings. The summed E-state index contributed by atoms with van der Waals surface area (Å²) in [6.07, 6.45) is 8.90. The molecular formula is C12H23N. The van der Waals surface area contributed by atoms with Gasteiger partial charge in [-0.05, 0) is 43.7 Å². The summed E-state index contributed by atoms with van der Waals surface area (Å²) in [7, 11) is 0. The molecule has 0 spiro atoms. The molecule has 2 aliphatic carbocycles. The first-order valence-electron chi connectivity index (χ1n) is 6.12. The van der Waals surface area contributed by atoms with Gasteiger partial charge in [0, 0.05) is 0 Å². The third kappa shape index (κ3) is 2.46. The zero-order valence-electron chi connectivity index (χ0n) is 8.89. The normalized spacial score (nSPS) is 33.9. The predicted molar refractivity (Wildman–Crippen MR) is 56.7 cm³/mol. The van der Waals surface area contributed by atoms with Crippen molar-refractivity contribution in [2.45, 2.75) is 45.4 Å². The van der Waals surface area contributed by atoms with E-state index in [1.807, 2.05) is 0 Å². The second kappa shape index (κ2) is 4.45. The van der Waals surface area contributed by atoms with Crippen LogP contribution in [0.5, 0.6) is 0 Å². The van der Waals surface area contributed by atoms with Crippen LogP contribution < -0.4 is 5.32 Å². The lowest BCUT2D eigenvalue weighted by atomic mass is 10.0. The molecule has 2 aliphatic rings. The van der Waals surface area contributed by atoms with Crippen molar-refractivity contribution in [2.75, 3.05) is 13.1 Å². The maximum atomic E-state index is 3.55. The van der Waals surface area contributed by atoms with E-state index >= 15 is 0 Å². The Labute approximate surface area is 82.3 Å². The van der Waals surface area contributed by atoms with Gasteiger partial charge in [-0.3, -0.25) is 0 Å². The van der Waals surface area contributed by atoms with Gasteiger partial charge in [-0.2, -0.15) is 0 Å². The molecule has 2 atom stereocenters. The fourth-order valence-corrected chi connectivity index (χ4v) is 2.93. The quantitative estimate of drug-likeness (QED) is 0.643. The summed E-state index contributed by atoms with van der Waals surface area (Å²) < 4.78 is 0. The average Bonchev–Trinajstić information content (AvgIpc) is 2.72. The number of rotatable bonds is 5. The van der Waals surface area contributed by atoms with E-state index in [2.05, 4.69) is 12.2 Å². The molecule has 0 heterocycles. The van der Waals surface area contributed by atoms with Crippen LogP contribution in [0.25, 0.3) is 0 Å². The summed E-state index contributed by atoms with van der Waals surface area (Å²) in [6.45, 7) is 4.76. The molecule has 0 bridgehead atoms. The number of nitrogens with one attached hydrogen (secondary N) is 1. The standard InChI is InChI=1S/C12H23N/c1-2-7-13-9-11-8-12(11)10-5-3-4-6-10/h10-13H,2-9H2,1H3. The van der Waals surface area contributed by atoms with Crippen molar-refractivity contribution in [3.63, 3.8) is 0 Å². The Balaban J connectivity index is 1.59. The highest BCUT2D eigenvalue weighted by molar-refractivity contribution is 4.93. The van der Waals surface area contributed by atoms with Crippen LogP contribution in [0.1, 0.15) is 45.4 Å². The van der Waals surface area contributed by atoms with Gasteiger partial charge in [0.2, 0.25) is 0 Å². The molecule has 0 radical (unpaired) electrons. The summed E-state index contributed by atoms with van der Waals surface area (Å²) in [5.41, 5.74) is 0. The highest BCUT2D eigenvalue weighted by atomic mass is 14.9. The Kier molecular flexibility index (Phi) is 3.26. The first kappa shape index (κ1) is 9.51. The van der Waals surface area contributed by atoms with Gasteiger partial charge in [-0.25, -0.2) is 0 Å². The molecule has 76 valence electrons. The summed E-state index contributed by atoms with van der Waals surface area (Å²) in [6, 6.07) is 0. The molecule has 1 heteroatoms. The minimum Gasteiger partial charge on any atom is -0.316 e. The maximum Gasteiger partial charge on any atom is -0.00177 e. The smallest absolute Gasteiger partial charge is 0.00177 e. The monoisotopic (exact) mass is 181 g/mol. The van der Waals surface area contributed by atoms with E-state index in [-0.39, 0.29) is 0 Å². The van der Waals surface area contributed by atoms with Gasteiger partial charge in [0.25, 0.3) is 0 Å². The van der Waals surface area contributed by atoms with Crippen molar-refractivity contribution in [2.24, 2.45) is 17.8 Å². The molecule has 2 saturated carbocycles. The van der Waals surface area contributed by atoms with E-state index in [0.717, 1.165) is 17.8 Å². The molecule has 0 aromatic heterocycles. The van der Waals surface area contributed by atoms with E-state index in [9.17, 15) is 0 Å². The van der Waals surface area contributed by atoms with Gasteiger partial charge in [-0.1, -0.05) is 32.6 Å². The zero-order chi connectivity index (χ0) is 9.10. The van der Waals surface area contributed by atoms with Crippen LogP contribution in [0, 0.1) is 17.8 Å². The lowest BCUT2D eigenvalue weighted by Gasteiger charge is -2.08. The molecule has 0 amide bonds. The number of hydrogen-bond acceptors (Lipinski definition) is 1. The van der Waals surface area contributed by atoms with Crippen molar-refractivity contribution in [1.29, 1.82) is 0 Å². The summed E-state index contributed by atoms with van der Waals surface area (Å²) >= 11 is 0. The molecule has 1 nitrogen and oxygen atoms in total. The van der Waals surface area contributed by atoms with Gasteiger partial charge < -0.3 is 5.32 Å². The molecule has 2 fully saturated rings. The van der Waals surface area contributed by atoms with Crippen LogP contribution in [-0.2, 0) is 0 Å². The Morgan fingerprint density at radius 1 is 1.23 bits per heavy atom. The zero-order valence-corrected chi connectivity index (χ0v) is 8.89. The van der Waals surface area contributed by atoms with Gasteiger partial charge in [0.05, 0.1) is 0 Å². The minimum atomic E-state index is 1.05. The van der Waals surface area contributed by atoms with E-state index in [4.69, 9.17) is 0 Å². The fourth-order valence-electron chi connectivity index (χ4n) is 2.93. The van der Waals surface area contributed by atoms with Crippen LogP contribution in [0.2, 0.25) is 0 Å². The summed E-state index contributed by atoms with van der Waals surface area (Å²) in [4.78, 5) is 0. The summed E-state index contributed by atoms with van der Waals surface area (Å²) in [5.74, 6) is 3.29. The van der Waals surface area contributed by atoms with E-state index in [1.165, 1.54) is 51.6 Å². The van der Waals surface area contributed by atoms with Crippen LogP contribution in [0.3, 0.4) is 0 Å². The van der Waals surface area contributed by atoms with Crippen LogP contribution in [0.4, 0.5) is 0 Å². The number of hydrogen-bond donors (Lipinski definition) is 1. The maximum absolute atomic E-state index is 3.55. The molecular weight excluding hydrogens is 158 g/mol. The molecule has 13 heavy (non-hydrogen) atoms. The molecule has 0 aromatic carbocycles. The summed E-state index contributed by atoms with van der Waals surface area (Å²) in [5, 5.41) is 3.55. The topological polar surface area (TPSA) is 12.0 Å². The van der Waals surface area contributed by atoms with Gasteiger partial charge in [-0.15, -0.1) is 0 Å². The lowest BCUT2D eigenvalue weighted by Crippen LogP contribution is -2.18. The minimum absolute atomic E-state index is 1.05. The Morgan fingerprint density at radius 3 is 2.69 bits per heavy atom. The molecule has 1 N–H and O–H groups in total. The first-order valence-corrected chi connectivity index (χ1v) is 6.12. The SMILES string of the molecule is CCCNCC1CC1C1CCCC1. The van der Waals surface area contributed by atoms with Crippen molar-refractivity contribution in [3.8, 4) is 0 Å². The largest absolute Gasteiger partial charge is 0.316 e. The van der Waals surface area contributed by atoms with Crippen molar-refractivity contribution >= 4 is 0 Å². The Morgan fingerprint density at radius 2 is 2.00 bits per heavy atom. The third-order valence-electron chi connectivity index (χ3n) is 3.82. The van der Waals surface area contributed by atoms with Crippen molar-refractivity contribution < 1.29 is 0 Å². The molecule has 0 saturated heterocycles. The fraction of sp³-hybridized carbons (Fsp3) is 1.00. The van der Waals surface area contributed by atoms with Crippen LogP contribution >= 0.6 is 0 Å². The van der Waals surface area contributed by atoms with Crippen LogP contribution in [0.15, 0.2) is 0 Å². The Bertz CT molecular complexity index is 149. The Hall–Kier alpha value is -0.0400. The lowest BCUT2D eigenvalue weighted by molar-refractivity contribution is 0.439. The van der Waals surface area contributed by atoms with Crippen molar-refractivity contribution in [3.05, 3.63) is 0 Å². The van der Waals surface area contributed by atoms with E-state index in [0.29, 0.717) is 0 Å². The van der Waals surface area contributed by atoms with Gasteiger partial charge in [0.15, 0.2) is 0 Å². The van der Waals surface area contributed by atoms with Crippen molar-refractivity contribution in [1.82, 2.24) is 5.32 Å². The molecule has 2 unspecified atom stereocenters. The third-order valence-corrected chi connectivity index (χ3v) is 3.82. The highest BCUT2D eigenvalue weighted by Crippen LogP contribution is 2.49. The van der Waals surface area contributed by atoms with E-state index in [1.54, 1.807) is 0 Å². The van der Waals surface area contributed by atoms with Crippen LogP contribution in [-0.4, -0.2) is 13.1 Å².